The summed E-state index contributed by atoms with van der Waals surface area (Å²) >= 11 is 0. The molecule has 6 nitrogen and oxygen atoms in total. The molecular formula is C16H19NO5. The molecule has 22 heavy (non-hydrogen) atoms. The lowest BCUT2D eigenvalue weighted by atomic mass is 10.1. The number of carboxylic acid groups (broad SMARTS) is 1. The van der Waals surface area contributed by atoms with E-state index in [0.717, 1.165) is 0 Å². The molecule has 1 N–H and O–H groups in total. The predicted octanol–water partition coefficient (Wildman–Crippen LogP) is 1.35. The van der Waals surface area contributed by atoms with E-state index >= 15 is 0 Å². The third-order valence-electron chi connectivity index (χ3n) is 3.56. The largest absolute Gasteiger partial charge is 0.481 e. The number of morpholine rings is 1. The first-order chi connectivity index (χ1) is 10.6. The molecule has 1 amide bonds. The number of carboxylic acids is 1. The summed E-state index contributed by atoms with van der Waals surface area (Å²) in [5.74, 6) is -1.15. The maximum Gasteiger partial charge on any atom is 0.306 e. The van der Waals surface area contributed by atoms with E-state index in [1.165, 1.54) is 0 Å². The summed E-state index contributed by atoms with van der Waals surface area (Å²) in [5.41, 5.74) is 0.598. The average molecular weight is 305 g/mol. The van der Waals surface area contributed by atoms with Crippen molar-refractivity contribution in [3.63, 3.8) is 0 Å². The lowest BCUT2D eigenvalue weighted by molar-refractivity contribution is -0.147. The number of amides is 1. The van der Waals surface area contributed by atoms with Gasteiger partial charge in [-0.05, 0) is 0 Å². The topological polar surface area (TPSA) is 83.9 Å². The Labute approximate surface area is 128 Å². The van der Waals surface area contributed by atoms with E-state index < -0.39 is 12.1 Å². The fourth-order valence-electron chi connectivity index (χ4n) is 2.41. The number of benzene rings is 1. The second-order valence-electron chi connectivity index (χ2n) is 5.22. The van der Waals surface area contributed by atoms with Crippen molar-refractivity contribution in [2.45, 2.75) is 25.4 Å². The van der Waals surface area contributed by atoms with Crippen molar-refractivity contribution in [2.75, 3.05) is 19.7 Å². The van der Waals surface area contributed by atoms with Gasteiger partial charge in [0.2, 0.25) is 5.91 Å². The summed E-state index contributed by atoms with van der Waals surface area (Å²) in [6.45, 7) is 1.04. The van der Waals surface area contributed by atoms with Gasteiger partial charge in [0, 0.05) is 31.5 Å². The normalized spacial score (nSPS) is 18.0. The number of Topliss-reactive ketones (excluding diaryl/α,β-unsaturated/α-hetero) is 1. The molecule has 1 aliphatic rings. The summed E-state index contributed by atoms with van der Waals surface area (Å²) in [6.07, 6.45) is -0.302. The first kappa shape index (κ1) is 16.2. The number of hydrogen-bond acceptors (Lipinski definition) is 4. The van der Waals surface area contributed by atoms with Gasteiger partial charge in [-0.1, -0.05) is 30.3 Å². The Bertz CT molecular complexity index is 543. The van der Waals surface area contributed by atoms with E-state index in [1.807, 2.05) is 6.07 Å². The zero-order valence-electron chi connectivity index (χ0n) is 12.2. The molecule has 1 aromatic carbocycles. The summed E-state index contributed by atoms with van der Waals surface area (Å²) in [6, 6.07) is 8.86. The van der Waals surface area contributed by atoms with Crippen LogP contribution in [0.1, 0.15) is 29.6 Å². The van der Waals surface area contributed by atoms with Crippen molar-refractivity contribution in [1.29, 1.82) is 0 Å². The van der Waals surface area contributed by atoms with Gasteiger partial charge in [-0.15, -0.1) is 0 Å². The Morgan fingerprint density at radius 1 is 1.18 bits per heavy atom. The third kappa shape index (κ3) is 4.66. The van der Waals surface area contributed by atoms with Crippen molar-refractivity contribution in [3.8, 4) is 0 Å². The van der Waals surface area contributed by atoms with Crippen LogP contribution in [0, 0.1) is 0 Å². The fourth-order valence-corrected chi connectivity index (χ4v) is 2.41. The van der Waals surface area contributed by atoms with Gasteiger partial charge in [0.1, 0.15) is 0 Å². The Morgan fingerprint density at radius 3 is 2.59 bits per heavy atom. The van der Waals surface area contributed by atoms with Crippen molar-refractivity contribution in [1.82, 2.24) is 4.90 Å². The minimum Gasteiger partial charge on any atom is -0.481 e. The van der Waals surface area contributed by atoms with Crippen LogP contribution in [0.15, 0.2) is 30.3 Å². The van der Waals surface area contributed by atoms with Gasteiger partial charge in [-0.3, -0.25) is 14.4 Å². The summed E-state index contributed by atoms with van der Waals surface area (Å²) in [5, 5.41) is 8.76. The summed E-state index contributed by atoms with van der Waals surface area (Å²) in [7, 11) is 0. The Hall–Kier alpha value is -2.21. The van der Waals surface area contributed by atoms with Crippen LogP contribution in [0.4, 0.5) is 0 Å². The quantitative estimate of drug-likeness (QED) is 0.802. The number of nitrogens with zero attached hydrogens (tertiary/aromatic N) is 1. The molecule has 0 aliphatic carbocycles. The van der Waals surface area contributed by atoms with Gasteiger partial charge in [-0.25, -0.2) is 0 Å². The number of carbonyl (C=O) groups excluding carboxylic acids is 2. The van der Waals surface area contributed by atoms with Crippen LogP contribution in [-0.2, 0) is 14.3 Å². The highest BCUT2D eigenvalue weighted by molar-refractivity contribution is 5.97. The van der Waals surface area contributed by atoms with E-state index in [2.05, 4.69) is 0 Å². The van der Waals surface area contributed by atoms with Gasteiger partial charge in [0.15, 0.2) is 5.78 Å². The first-order valence-corrected chi connectivity index (χ1v) is 7.25. The molecule has 118 valence electrons. The third-order valence-corrected chi connectivity index (χ3v) is 3.56. The smallest absolute Gasteiger partial charge is 0.306 e. The highest BCUT2D eigenvalue weighted by Gasteiger charge is 2.26. The molecule has 1 atom stereocenters. The molecule has 1 heterocycles. The number of carbonyl (C=O) groups is 3. The molecule has 0 saturated carbocycles. The van der Waals surface area contributed by atoms with Crippen LogP contribution in [0.25, 0.3) is 0 Å². The Morgan fingerprint density at radius 2 is 1.91 bits per heavy atom. The molecule has 0 bridgehead atoms. The predicted molar refractivity (Wildman–Crippen MR) is 78.6 cm³/mol. The Balaban J connectivity index is 1.81. The van der Waals surface area contributed by atoms with Crippen LogP contribution >= 0.6 is 0 Å². The van der Waals surface area contributed by atoms with Gasteiger partial charge in [0.05, 0.1) is 19.1 Å². The maximum absolute atomic E-state index is 12.1. The van der Waals surface area contributed by atoms with E-state index in [1.54, 1.807) is 29.2 Å². The summed E-state index contributed by atoms with van der Waals surface area (Å²) in [4.78, 5) is 36.4. The van der Waals surface area contributed by atoms with E-state index in [9.17, 15) is 14.4 Å². The van der Waals surface area contributed by atoms with Crippen molar-refractivity contribution >= 4 is 17.7 Å². The monoisotopic (exact) mass is 305 g/mol. The maximum atomic E-state index is 12.1. The number of hydrogen-bond donors (Lipinski definition) is 1. The van der Waals surface area contributed by atoms with Crippen molar-refractivity contribution in [2.24, 2.45) is 0 Å². The standard InChI is InChI=1S/C16H19NO5/c18-14(12-4-2-1-3-5-12)6-7-15(19)17-8-9-22-13(11-17)10-16(20)21/h1-5,13H,6-11H2,(H,20,21). The molecule has 0 spiro atoms. The SMILES string of the molecule is O=C(O)CC1CN(C(=O)CCC(=O)c2ccccc2)CCO1. The van der Waals surface area contributed by atoms with Crippen LogP contribution in [-0.4, -0.2) is 53.5 Å². The molecule has 1 fully saturated rings. The molecule has 1 unspecified atom stereocenters. The van der Waals surface area contributed by atoms with Gasteiger partial charge in [-0.2, -0.15) is 0 Å². The molecule has 2 rings (SSSR count). The number of rotatable bonds is 6. The molecule has 1 aromatic rings. The zero-order valence-corrected chi connectivity index (χ0v) is 12.2. The van der Waals surface area contributed by atoms with E-state index in [0.29, 0.717) is 18.7 Å². The van der Waals surface area contributed by atoms with Crippen LogP contribution in [0.5, 0.6) is 0 Å². The Kier molecular flexibility index (Phi) is 5.66. The van der Waals surface area contributed by atoms with Gasteiger partial charge < -0.3 is 14.7 Å². The molecule has 1 aliphatic heterocycles. The number of ether oxygens (including phenoxy) is 1. The van der Waals surface area contributed by atoms with Gasteiger partial charge in [0.25, 0.3) is 0 Å². The fraction of sp³-hybridized carbons (Fsp3) is 0.438. The highest BCUT2D eigenvalue weighted by Crippen LogP contribution is 2.12. The van der Waals surface area contributed by atoms with Crippen LogP contribution in [0.3, 0.4) is 0 Å². The minimum absolute atomic E-state index is 0.0655. The first-order valence-electron chi connectivity index (χ1n) is 7.25. The van der Waals surface area contributed by atoms with Crippen molar-refractivity contribution < 1.29 is 24.2 Å². The molecule has 1 saturated heterocycles. The van der Waals surface area contributed by atoms with Crippen LogP contribution in [0.2, 0.25) is 0 Å². The number of aliphatic carboxylic acids is 1. The van der Waals surface area contributed by atoms with Gasteiger partial charge >= 0.3 is 5.97 Å². The van der Waals surface area contributed by atoms with E-state index in [4.69, 9.17) is 9.84 Å². The van der Waals surface area contributed by atoms with Crippen molar-refractivity contribution in [3.05, 3.63) is 35.9 Å². The number of ketones is 1. The van der Waals surface area contributed by atoms with E-state index in [-0.39, 0.29) is 37.5 Å². The van der Waals surface area contributed by atoms with Crippen LogP contribution < -0.4 is 0 Å². The molecular weight excluding hydrogens is 286 g/mol. The lowest BCUT2D eigenvalue weighted by Crippen LogP contribution is -2.46. The zero-order chi connectivity index (χ0) is 15.9. The second-order valence-corrected chi connectivity index (χ2v) is 5.22. The summed E-state index contributed by atoms with van der Waals surface area (Å²) < 4.78 is 5.32. The molecule has 0 aromatic heterocycles. The minimum atomic E-state index is -0.946. The second kappa shape index (κ2) is 7.70. The molecule has 0 radical (unpaired) electrons. The molecule has 6 heteroatoms. The highest BCUT2D eigenvalue weighted by atomic mass is 16.5. The average Bonchev–Trinajstić information content (AvgIpc) is 2.52. The lowest BCUT2D eigenvalue weighted by Gasteiger charge is -2.32.